The summed E-state index contributed by atoms with van der Waals surface area (Å²) in [5.74, 6) is 0.954. The molecule has 0 bridgehead atoms. The maximum atomic E-state index is 8.49. The minimum atomic E-state index is -4.94. The van der Waals surface area contributed by atoms with Gasteiger partial charge in [0, 0.05) is 31.9 Å². The van der Waals surface area contributed by atoms with E-state index >= 15 is 0 Å². The van der Waals surface area contributed by atoms with Crippen LogP contribution < -0.4 is 37.3 Å². The summed E-state index contributed by atoms with van der Waals surface area (Å²) in [7, 11) is -4.94. The van der Waals surface area contributed by atoms with E-state index in [-0.39, 0.29) is 0 Å². The molecule has 0 aliphatic carbocycles. The number of aromatic nitrogens is 3. The Bertz CT molecular complexity index is 1740. The fourth-order valence-corrected chi connectivity index (χ4v) is 7.16. The predicted octanol–water partition coefficient (Wildman–Crippen LogP) is 2.05. The fourth-order valence-electron chi connectivity index (χ4n) is 4.31. The number of pyridine rings is 1. The molecule has 0 spiro atoms. The number of fused-ring (bicyclic) bond motifs is 2. The van der Waals surface area contributed by atoms with Crippen LogP contribution >= 0.6 is 70.3 Å². The van der Waals surface area contributed by atoms with E-state index in [1.807, 2.05) is 24.5 Å². The van der Waals surface area contributed by atoms with Gasteiger partial charge in [0.05, 0.1) is 31.5 Å². The summed E-state index contributed by atoms with van der Waals surface area (Å²) in [5.41, 5.74) is 2.03. The van der Waals surface area contributed by atoms with Gasteiger partial charge in [-0.15, -0.1) is 21.6 Å². The first-order valence-electron chi connectivity index (χ1n) is 13.7. The maximum Gasteiger partial charge on any atom is 0.342 e. The summed E-state index contributed by atoms with van der Waals surface area (Å²) in [6, 6.07) is 1.98. The zero-order chi connectivity index (χ0) is 32.8. The number of thiazole rings is 2. The van der Waals surface area contributed by atoms with Crippen molar-refractivity contribution in [1.82, 2.24) is 9.97 Å². The predicted molar refractivity (Wildman–Crippen MR) is 178 cm³/mol. The molecule has 17 heteroatoms. The number of aliphatic imine (C=N–C) groups is 2. The van der Waals surface area contributed by atoms with Gasteiger partial charge in [0.25, 0.3) is 0 Å². The van der Waals surface area contributed by atoms with Crippen molar-refractivity contribution < 1.29 is 33.4 Å². The van der Waals surface area contributed by atoms with Gasteiger partial charge in [-0.3, -0.25) is 0 Å². The van der Waals surface area contributed by atoms with Crippen LogP contribution in [0.5, 0.6) is 0 Å². The molecule has 0 saturated carbocycles. The van der Waals surface area contributed by atoms with Gasteiger partial charge in [0.2, 0.25) is 5.01 Å². The molecule has 4 rings (SSSR count). The minimum absolute atomic E-state index is 0.713. The molecule has 10 nitrogen and oxygen atoms in total. The van der Waals surface area contributed by atoms with Crippen LogP contribution in [0.2, 0.25) is 5.02 Å². The molecule has 0 atom stereocenters. The molecule has 4 heterocycles. The first-order chi connectivity index (χ1) is 21.5. The third-order valence-electron chi connectivity index (χ3n) is 6.11. The molecule has 0 radical (unpaired) electrons. The molecule has 0 fully saturated rings. The quantitative estimate of drug-likeness (QED) is 0.105. The first-order valence-corrected chi connectivity index (χ1v) is 18.1. The molecule has 240 valence electrons. The SMILES string of the molecule is CC(/C=c1/nc2c(s1)=CC(Cl)=CN2CCCCCN=C=S)=C\c1nc2c(cc(Cl)c[n+]2CCCCCN=C=S)s1.[O-][Cl+3]([O-])([O-])[O-]. The Hall–Kier alpha value is -2.00. The Morgan fingerprint density at radius 1 is 1.02 bits per heavy atom. The summed E-state index contributed by atoms with van der Waals surface area (Å²) < 4.78 is 39.2. The van der Waals surface area contributed by atoms with Gasteiger partial charge in [-0.2, -0.15) is 0 Å². The molecular formula is C28H29Cl3N6O4S4. The van der Waals surface area contributed by atoms with Crippen molar-refractivity contribution in [3.05, 3.63) is 48.3 Å². The second-order valence-electron chi connectivity index (χ2n) is 9.66. The number of allylic oxidation sites excluding steroid dienone is 2. The van der Waals surface area contributed by atoms with Crippen LogP contribution in [0.1, 0.15) is 50.5 Å². The Balaban J connectivity index is 0.00000102. The minimum Gasteiger partial charge on any atom is -0.330 e. The van der Waals surface area contributed by atoms with Crippen molar-refractivity contribution >= 4 is 115 Å². The second-order valence-corrected chi connectivity index (χ2v) is 13.8. The summed E-state index contributed by atoms with van der Waals surface area (Å²) in [6.45, 7) is 5.24. The molecule has 0 amide bonds. The summed E-state index contributed by atoms with van der Waals surface area (Å²) in [6.07, 6.45) is 16.2. The monoisotopic (exact) mass is 746 g/mol. The average molecular weight is 748 g/mol. The van der Waals surface area contributed by atoms with Crippen LogP contribution in [0.3, 0.4) is 0 Å². The fraction of sp³-hybridized carbons (Fsp3) is 0.393. The molecule has 1 aliphatic heterocycles. The molecule has 0 unspecified atom stereocenters. The van der Waals surface area contributed by atoms with E-state index < -0.39 is 10.2 Å². The van der Waals surface area contributed by atoms with Gasteiger partial charge in [-0.05, 0) is 98.7 Å². The molecular weight excluding hydrogens is 719 g/mol. The van der Waals surface area contributed by atoms with Gasteiger partial charge < -0.3 is 4.90 Å². The smallest absolute Gasteiger partial charge is 0.330 e. The Labute approximate surface area is 291 Å². The van der Waals surface area contributed by atoms with Gasteiger partial charge >= 0.3 is 5.65 Å². The lowest BCUT2D eigenvalue weighted by Crippen LogP contribution is -2.68. The summed E-state index contributed by atoms with van der Waals surface area (Å²) >= 11 is 25.4. The lowest BCUT2D eigenvalue weighted by atomic mass is 10.2. The van der Waals surface area contributed by atoms with Crippen molar-refractivity contribution in [3.63, 3.8) is 0 Å². The van der Waals surface area contributed by atoms with E-state index in [9.17, 15) is 0 Å². The van der Waals surface area contributed by atoms with E-state index in [0.29, 0.717) is 10.1 Å². The van der Waals surface area contributed by atoms with Crippen molar-refractivity contribution in [2.24, 2.45) is 9.98 Å². The van der Waals surface area contributed by atoms with Crippen LogP contribution in [-0.2, 0) is 6.54 Å². The number of hydrogen-bond donors (Lipinski definition) is 0. The zero-order valence-electron chi connectivity index (χ0n) is 24.1. The maximum absolute atomic E-state index is 8.49. The van der Waals surface area contributed by atoms with E-state index in [2.05, 4.69) is 73.3 Å². The lowest BCUT2D eigenvalue weighted by molar-refractivity contribution is -2.00. The number of thiocarbonyl (C=S) groups is 2. The number of isothiocyanates is 2. The number of rotatable bonds is 14. The van der Waals surface area contributed by atoms with Gasteiger partial charge in [-0.25, -0.2) is 38.2 Å². The average Bonchev–Trinajstić information content (AvgIpc) is 3.54. The number of halogens is 3. The van der Waals surface area contributed by atoms with Crippen LogP contribution in [0.15, 0.2) is 39.1 Å². The Morgan fingerprint density at radius 2 is 1.69 bits per heavy atom. The molecule has 0 N–H and O–H groups in total. The molecule has 3 aromatic heterocycles. The third-order valence-corrected chi connectivity index (χ3v) is 8.66. The highest BCUT2D eigenvalue weighted by atomic mass is 35.7. The van der Waals surface area contributed by atoms with Crippen molar-refractivity contribution in [3.8, 4) is 0 Å². The second kappa shape index (κ2) is 19.0. The van der Waals surface area contributed by atoms with E-state index in [4.69, 9.17) is 51.8 Å². The van der Waals surface area contributed by atoms with Crippen LogP contribution in [0, 0.1) is 10.2 Å². The number of aryl methyl sites for hydroxylation is 1. The highest BCUT2D eigenvalue weighted by molar-refractivity contribution is 7.78. The van der Waals surface area contributed by atoms with E-state index in [1.54, 1.807) is 22.7 Å². The van der Waals surface area contributed by atoms with Gasteiger partial charge in [-0.1, -0.05) is 34.5 Å². The highest BCUT2D eigenvalue weighted by Gasteiger charge is 2.18. The van der Waals surface area contributed by atoms with Crippen LogP contribution in [0.4, 0.5) is 5.82 Å². The summed E-state index contributed by atoms with van der Waals surface area (Å²) in [5, 5.41) is 7.20. The normalized spacial score (nSPS) is 13.3. The van der Waals surface area contributed by atoms with Crippen LogP contribution in [0.25, 0.3) is 28.6 Å². The van der Waals surface area contributed by atoms with Gasteiger partial charge in [0.1, 0.15) is 15.6 Å². The lowest BCUT2D eigenvalue weighted by Gasteiger charge is -2.20. The Kier molecular flexibility index (Phi) is 15.8. The molecule has 45 heavy (non-hydrogen) atoms. The topological polar surface area (TPSA) is 150 Å². The van der Waals surface area contributed by atoms with Crippen molar-refractivity contribution in [1.29, 1.82) is 0 Å². The number of hydrogen-bond acceptors (Lipinski definition) is 13. The molecule has 3 aromatic rings. The molecule has 1 aliphatic rings. The van der Waals surface area contributed by atoms with Crippen molar-refractivity contribution in [2.75, 3.05) is 24.5 Å². The Morgan fingerprint density at radius 3 is 2.36 bits per heavy atom. The third kappa shape index (κ3) is 13.7. The van der Waals surface area contributed by atoms with E-state index in [0.717, 1.165) is 101 Å². The standard InChI is InChI=1S/C28H29Cl2N6S4.ClHO4/c1-20(12-25-33-27-23(39-25)14-21(29)16-35(27)10-6-2-4-8-31-18-37)13-26-34-28-24(40-26)15-22(30)17-36(28)11-7-3-5-9-32-19-38;2-1(3,4)5/h12-17H,2-11H2,1H3;(H,2,3,4,5)/q+1;/p-1. The first kappa shape index (κ1) is 37.5. The van der Waals surface area contributed by atoms with Crippen molar-refractivity contribution in [2.45, 2.75) is 52.0 Å². The largest absolute Gasteiger partial charge is 0.342 e. The summed E-state index contributed by atoms with van der Waals surface area (Å²) in [4.78, 5) is 20.0. The highest BCUT2D eigenvalue weighted by Crippen LogP contribution is 2.25. The number of unbranched alkanes of at least 4 members (excludes halogenated alkanes) is 4. The van der Waals surface area contributed by atoms with Gasteiger partial charge in [0.15, 0.2) is 5.82 Å². The number of nitrogens with zero attached hydrogens (tertiary/aromatic N) is 6. The molecule has 0 aromatic carbocycles. The zero-order valence-corrected chi connectivity index (χ0v) is 29.7. The molecule has 0 saturated heterocycles. The number of anilines is 1. The van der Waals surface area contributed by atoms with Crippen LogP contribution in [-0.4, -0.2) is 39.9 Å². The van der Waals surface area contributed by atoms with E-state index in [1.165, 1.54) is 0 Å².